The summed E-state index contributed by atoms with van der Waals surface area (Å²) in [5.41, 5.74) is 3.21. The van der Waals surface area contributed by atoms with Crippen LogP contribution in [0.3, 0.4) is 0 Å². The molecule has 0 saturated carbocycles. The molecule has 0 aliphatic carbocycles. The van der Waals surface area contributed by atoms with Crippen molar-refractivity contribution in [2.45, 2.75) is 24.8 Å². The van der Waals surface area contributed by atoms with Crippen LogP contribution in [0.5, 0.6) is 0 Å². The number of nitrogens with one attached hydrogen (secondary N) is 2. The Hall–Kier alpha value is -3.91. The van der Waals surface area contributed by atoms with Gasteiger partial charge in [0.25, 0.3) is 15.9 Å². The minimum absolute atomic E-state index is 0.232. The Bertz CT molecular complexity index is 1410. The van der Waals surface area contributed by atoms with E-state index in [1.54, 1.807) is 49.5 Å². The van der Waals surface area contributed by atoms with E-state index in [4.69, 9.17) is 0 Å². The normalized spacial score (nSPS) is 12.2. The monoisotopic (exact) mass is 474 g/mol. The molecule has 0 aliphatic heterocycles. The van der Waals surface area contributed by atoms with Crippen LogP contribution in [0.1, 0.15) is 38.9 Å². The number of hydrogen-bond donors (Lipinski definition) is 2. The van der Waals surface area contributed by atoms with Crippen molar-refractivity contribution in [1.82, 2.24) is 14.9 Å². The second-order valence-corrected chi connectivity index (χ2v) is 9.82. The number of sulfonamides is 1. The molecule has 34 heavy (non-hydrogen) atoms. The van der Waals surface area contributed by atoms with Crippen LogP contribution >= 0.6 is 0 Å². The maximum Gasteiger partial charge on any atom is 0.262 e. The molecule has 0 bridgehead atoms. The number of imidazole rings is 1. The van der Waals surface area contributed by atoms with E-state index in [2.05, 4.69) is 15.0 Å². The van der Waals surface area contributed by atoms with E-state index >= 15 is 0 Å². The zero-order valence-electron chi connectivity index (χ0n) is 19.2. The van der Waals surface area contributed by atoms with Gasteiger partial charge in [0.15, 0.2) is 0 Å². The van der Waals surface area contributed by atoms with Gasteiger partial charge in [-0.2, -0.15) is 0 Å². The third kappa shape index (κ3) is 5.02. The van der Waals surface area contributed by atoms with Crippen LogP contribution in [0, 0.1) is 13.8 Å². The lowest BCUT2D eigenvalue weighted by molar-refractivity contribution is 0.0941. The topological polar surface area (TPSA) is 93.1 Å². The lowest BCUT2D eigenvalue weighted by Crippen LogP contribution is -2.31. The number of aryl methyl sites for hydroxylation is 3. The minimum atomic E-state index is -3.75. The van der Waals surface area contributed by atoms with Crippen LogP contribution < -0.4 is 10.0 Å². The van der Waals surface area contributed by atoms with Gasteiger partial charge in [0, 0.05) is 30.7 Å². The molecular formula is C26H26N4O3S. The van der Waals surface area contributed by atoms with E-state index in [1.807, 2.05) is 61.1 Å². The van der Waals surface area contributed by atoms with Crippen molar-refractivity contribution in [1.29, 1.82) is 0 Å². The summed E-state index contributed by atoms with van der Waals surface area (Å²) in [5, 5.41) is 3.04. The van der Waals surface area contributed by atoms with Crippen LogP contribution in [-0.2, 0) is 17.1 Å². The molecule has 174 valence electrons. The highest BCUT2D eigenvalue weighted by Crippen LogP contribution is 2.23. The average molecular weight is 475 g/mol. The van der Waals surface area contributed by atoms with Gasteiger partial charge >= 0.3 is 0 Å². The van der Waals surface area contributed by atoms with E-state index < -0.39 is 16.1 Å². The maximum absolute atomic E-state index is 13.0. The van der Waals surface area contributed by atoms with Crippen molar-refractivity contribution in [2.75, 3.05) is 4.72 Å². The molecule has 4 aromatic rings. The number of aromatic nitrogens is 2. The van der Waals surface area contributed by atoms with E-state index in [1.165, 1.54) is 0 Å². The highest BCUT2D eigenvalue weighted by Gasteiger charge is 2.22. The van der Waals surface area contributed by atoms with Gasteiger partial charge in [0.05, 0.1) is 4.90 Å². The first-order valence-corrected chi connectivity index (χ1v) is 12.3. The molecule has 7 nitrogen and oxygen atoms in total. The largest absolute Gasteiger partial charge is 0.338 e. The first-order chi connectivity index (χ1) is 16.2. The summed E-state index contributed by atoms with van der Waals surface area (Å²) < 4.78 is 30.2. The number of carbonyl (C=O) groups excluding carboxylic acids is 1. The van der Waals surface area contributed by atoms with Crippen molar-refractivity contribution in [3.05, 3.63) is 113 Å². The predicted octanol–water partition coefficient (Wildman–Crippen LogP) is 4.36. The molecule has 0 saturated heterocycles. The summed E-state index contributed by atoms with van der Waals surface area (Å²) in [7, 11) is -1.87. The fourth-order valence-electron chi connectivity index (χ4n) is 3.71. The summed E-state index contributed by atoms with van der Waals surface area (Å²) in [6.45, 7) is 3.60. The van der Waals surface area contributed by atoms with Crippen molar-refractivity contribution in [2.24, 2.45) is 7.05 Å². The summed E-state index contributed by atoms with van der Waals surface area (Å²) in [6.07, 6.45) is 3.52. The number of amides is 1. The maximum atomic E-state index is 13.0. The molecular weight excluding hydrogens is 448 g/mol. The summed E-state index contributed by atoms with van der Waals surface area (Å²) in [5.74, 6) is 0.415. The van der Waals surface area contributed by atoms with E-state index in [0.717, 1.165) is 11.1 Å². The van der Waals surface area contributed by atoms with Crippen molar-refractivity contribution in [3.63, 3.8) is 0 Å². The Labute approximate surface area is 199 Å². The summed E-state index contributed by atoms with van der Waals surface area (Å²) >= 11 is 0. The second kappa shape index (κ2) is 9.52. The Balaban J connectivity index is 1.53. The van der Waals surface area contributed by atoms with Crippen molar-refractivity contribution >= 4 is 21.6 Å². The van der Waals surface area contributed by atoms with E-state index in [0.29, 0.717) is 22.6 Å². The molecule has 1 heterocycles. The van der Waals surface area contributed by atoms with Gasteiger partial charge in [-0.25, -0.2) is 13.4 Å². The van der Waals surface area contributed by atoms with Gasteiger partial charge in [-0.05, 0) is 60.9 Å². The molecule has 0 spiro atoms. The molecule has 3 aromatic carbocycles. The Morgan fingerprint density at radius 1 is 0.971 bits per heavy atom. The number of rotatable bonds is 7. The predicted molar refractivity (Wildman–Crippen MR) is 132 cm³/mol. The van der Waals surface area contributed by atoms with Crippen LogP contribution in [0.15, 0.2) is 90.1 Å². The van der Waals surface area contributed by atoms with Crippen LogP contribution in [0.4, 0.5) is 5.69 Å². The second-order valence-electron chi connectivity index (χ2n) is 8.17. The molecule has 1 amide bonds. The average Bonchev–Trinajstić information content (AvgIpc) is 3.25. The Kier molecular flexibility index (Phi) is 6.51. The molecule has 0 aliphatic rings. The number of carbonyl (C=O) groups is 1. The highest BCUT2D eigenvalue weighted by molar-refractivity contribution is 7.92. The number of benzene rings is 3. The summed E-state index contributed by atoms with van der Waals surface area (Å²) in [6, 6.07) is 20.8. The van der Waals surface area contributed by atoms with Gasteiger partial charge in [0.2, 0.25) is 0 Å². The Morgan fingerprint density at radius 3 is 2.32 bits per heavy atom. The molecule has 8 heteroatoms. The number of hydrogen-bond acceptors (Lipinski definition) is 4. The molecule has 1 aromatic heterocycles. The zero-order chi connectivity index (χ0) is 24.3. The van der Waals surface area contributed by atoms with Gasteiger partial charge in [-0.15, -0.1) is 0 Å². The molecule has 1 atom stereocenters. The Morgan fingerprint density at radius 2 is 1.68 bits per heavy atom. The van der Waals surface area contributed by atoms with E-state index in [-0.39, 0.29) is 10.8 Å². The van der Waals surface area contributed by atoms with Gasteiger partial charge in [0.1, 0.15) is 11.9 Å². The van der Waals surface area contributed by atoms with Gasteiger partial charge < -0.3 is 9.88 Å². The number of nitrogens with zero attached hydrogens (tertiary/aromatic N) is 2. The minimum Gasteiger partial charge on any atom is -0.338 e. The van der Waals surface area contributed by atoms with Crippen LogP contribution in [-0.4, -0.2) is 23.9 Å². The first-order valence-electron chi connectivity index (χ1n) is 10.8. The molecule has 2 N–H and O–H groups in total. The van der Waals surface area contributed by atoms with Crippen molar-refractivity contribution in [3.8, 4) is 0 Å². The lowest BCUT2D eigenvalue weighted by atomic mass is 10.1. The quantitative estimate of drug-likeness (QED) is 0.416. The third-order valence-corrected chi connectivity index (χ3v) is 7.08. The molecule has 0 fully saturated rings. The van der Waals surface area contributed by atoms with Gasteiger partial charge in [-0.3, -0.25) is 9.52 Å². The fraction of sp³-hybridized carbons (Fsp3) is 0.154. The first kappa shape index (κ1) is 23.3. The smallest absolute Gasteiger partial charge is 0.262 e. The fourth-order valence-corrected chi connectivity index (χ4v) is 5.10. The highest BCUT2D eigenvalue weighted by atomic mass is 32.2. The lowest BCUT2D eigenvalue weighted by Gasteiger charge is -2.19. The van der Waals surface area contributed by atoms with E-state index in [9.17, 15) is 13.2 Å². The number of anilines is 1. The van der Waals surface area contributed by atoms with Crippen LogP contribution in [0.25, 0.3) is 0 Å². The molecule has 4 rings (SSSR count). The zero-order valence-corrected chi connectivity index (χ0v) is 20.0. The van der Waals surface area contributed by atoms with Crippen molar-refractivity contribution < 1.29 is 13.2 Å². The summed E-state index contributed by atoms with van der Waals surface area (Å²) in [4.78, 5) is 17.7. The van der Waals surface area contributed by atoms with Crippen LogP contribution in [0.2, 0.25) is 0 Å². The standard InChI is InChI=1S/C26H26N4O3S/c1-18-9-10-19(2)23(17-18)34(32,33)29-22-13-11-21(12-14-22)26(31)28-24(20-7-5-4-6-8-20)25-27-15-16-30(25)3/h4-17,24,29H,1-3H3,(H,28,31)/t24-/m0/s1. The SMILES string of the molecule is Cc1ccc(C)c(S(=O)(=O)Nc2ccc(C(=O)N[C@@H](c3ccccc3)c3nccn3C)cc2)c1. The third-order valence-electron chi connectivity index (χ3n) is 5.56. The van der Waals surface area contributed by atoms with Gasteiger partial charge in [-0.1, -0.05) is 42.5 Å². The molecule has 0 unspecified atom stereocenters. The molecule has 0 radical (unpaired) electrons.